The molecule has 3 aliphatic rings. The van der Waals surface area contributed by atoms with Crippen LogP contribution in [-0.2, 0) is 4.79 Å². The topological polar surface area (TPSA) is 41.6 Å². The van der Waals surface area contributed by atoms with E-state index in [1.807, 2.05) is 24.0 Å². The number of hydrogen-bond donors (Lipinski definition) is 1. The predicted molar refractivity (Wildman–Crippen MR) is 93.5 cm³/mol. The number of nitrogens with one attached hydrogen (secondary N) is 1. The number of carbonyl (C=O) groups is 1. The number of amides is 1. The molecule has 1 saturated heterocycles. The van der Waals surface area contributed by atoms with E-state index in [0.717, 1.165) is 43.8 Å². The number of carbonyl (C=O) groups excluding carboxylic acids is 1. The van der Waals surface area contributed by atoms with E-state index >= 15 is 0 Å². The highest BCUT2D eigenvalue weighted by molar-refractivity contribution is 5.99. The maximum absolute atomic E-state index is 13.1. The summed E-state index contributed by atoms with van der Waals surface area (Å²) in [6.45, 7) is 6.87. The second kappa shape index (κ2) is 5.99. The minimum absolute atomic E-state index is 0. The van der Waals surface area contributed by atoms with Gasteiger partial charge in [0.1, 0.15) is 11.9 Å². The fraction of sp³-hybridized carbons (Fsp3) is 0.611. The van der Waals surface area contributed by atoms with Gasteiger partial charge in [-0.1, -0.05) is 6.07 Å². The number of halogens is 1. The van der Waals surface area contributed by atoms with E-state index in [1.54, 1.807) is 0 Å². The maximum atomic E-state index is 13.1. The van der Waals surface area contributed by atoms with E-state index in [-0.39, 0.29) is 29.8 Å². The molecule has 2 unspecified atom stereocenters. The molecule has 0 bridgehead atoms. The van der Waals surface area contributed by atoms with Gasteiger partial charge in [0.05, 0.1) is 12.2 Å². The number of ether oxygens (including phenoxy) is 1. The van der Waals surface area contributed by atoms with Crippen LogP contribution in [0.4, 0.5) is 5.69 Å². The number of anilines is 1. The molecule has 2 fully saturated rings. The Hall–Kier alpha value is -1.26. The van der Waals surface area contributed by atoms with Crippen molar-refractivity contribution in [1.82, 2.24) is 5.32 Å². The Labute approximate surface area is 144 Å². The second-order valence-corrected chi connectivity index (χ2v) is 7.22. The average Bonchev–Trinajstić information content (AvgIpc) is 3.19. The fourth-order valence-electron chi connectivity index (χ4n) is 4.12. The van der Waals surface area contributed by atoms with E-state index in [9.17, 15) is 4.79 Å². The van der Waals surface area contributed by atoms with Crippen molar-refractivity contribution in [3.8, 4) is 5.75 Å². The molecule has 0 aromatic heterocycles. The zero-order valence-electron chi connectivity index (χ0n) is 13.8. The number of fused-ring (bicyclic) bond motifs is 1. The van der Waals surface area contributed by atoms with Crippen LogP contribution in [0.5, 0.6) is 5.75 Å². The van der Waals surface area contributed by atoms with Gasteiger partial charge in [-0.2, -0.15) is 0 Å². The highest BCUT2D eigenvalue weighted by atomic mass is 35.5. The van der Waals surface area contributed by atoms with Crippen LogP contribution < -0.4 is 15.0 Å². The van der Waals surface area contributed by atoms with Gasteiger partial charge in [0.25, 0.3) is 0 Å². The number of nitrogens with zero attached hydrogens (tertiary/aromatic N) is 1. The maximum Gasteiger partial charge on any atom is 0.230 e. The van der Waals surface area contributed by atoms with Crippen molar-refractivity contribution in [3.63, 3.8) is 0 Å². The fourth-order valence-corrected chi connectivity index (χ4v) is 4.12. The van der Waals surface area contributed by atoms with Gasteiger partial charge in [-0.15, -0.1) is 12.4 Å². The zero-order valence-corrected chi connectivity index (χ0v) is 14.6. The third kappa shape index (κ3) is 2.83. The molecule has 2 aliphatic heterocycles. The van der Waals surface area contributed by atoms with Gasteiger partial charge in [-0.05, 0) is 69.3 Å². The smallest absolute Gasteiger partial charge is 0.230 e. The molecule has 0 radical (unpaired) electrons. The molecular weight excluding hydrogens is 312 g/mol. The quantitative estimate of drug-likeness (QED) is 0.857. The van der Waals surface area contributed by atoms with E-state index in [1.165, 1.54) is 5.56 Å². The molecule has 1 N–H and O–H groups in total. The SMILES string of the molecule is Cc1ccc2c(c1)OC(C)CN2C(=O)C1CC12CCNCC2.Cl. The Kier molecular flexibility index (Phi) is 4.32. The second-order valence-electron chi connectivity index (χ2n) is 7.22. The minimum atomic E-state index is 0. The number of benzene rings is 1. The van der Waals surface area contributed by atoms with Crippen molar-refractivity contribution in [2.75, 3.05) is 24.5 Å². The summed E-state index contributed by atoms with van der Waals surface area (Å²) in [4.78, 5) is 15.1. The van der Waals surface area contributed by atoms with Crippen LogP contribution >= 0.6 is 12.4 Å². The third-order valence-corrected chi connectivity index (χ3v) is 5.53. The van der Waals surface area contributed by atoms with Crippen molar-refractivity contribution in [2.24, 2.45) is 11.3 Å². The number of rotatable bonds is 1. The van der Waals surface area contributed by atoms with Gasteiger partial charge in [0.2, 0.25) is 5.91 Å². The Morgan fingerprint density at radius 2 is 2.09 bits per heavy atom. The Morgan fingerprint density at radius 1 is 1.35 bits per heavy atom. The molecule has 1 aromatic carbocycles. The summed E-state index contributed by atoms with van der Waals surface area (Å²) in [5, 5.41) is 3.40. The van der Waals surface area contributed by atoms with Gasteiger partial charge in [0.15, 0.2) is 0 Å². The molecule has 1 amide bonds. The van der Waals surface area contributed by atoms with Crippen molar-refractivity contribution in [2.45, 2.75) is 39.2 Å². The van der Waals surface area contributed by atoms with Crippen LogP contribution in [0.25, 0.3) is 0 Å². The molecule has 2 heterocycles. The van der Waals surface area contributed by atoms with Crippen LogP contribution in [-0.4, -0.2) is 31.6 Å². The average molecular weight is 337 g/mol. The lowest BCUT2D eigenvalue weighted by Crippen LogP contribution is -2.44. The Morgan fingerprint density at radius 3 is 2.83 bits per heavy atom. The summed E-state index contributed by atoms with van der Waals surface area (Å²) in [5.41, 5.74) is 2.40. The molecular formula is C18H25ClN2O2. The molecule has 4 rings (SSSR count). The summed E-state index contributed by atoms with van der Waals surface area (Å²) < 4.78 is 5.93. The molecule has 1 aromatic rings. The number of piperidine rings is 1. The van der Waals surface area contributed by atoms with E-state index < -0.39 is 0 Å². The molecule has 4 nitrogen and oxygen atoms in total. The van der Waals surface area contributed by atoms with Crippen molar-refractivity contribution < 1.29 is 9.53 Å². The van der Waals surface area contributed by atoms with Crippen molar-refractivity contribution in [3.05, 3.63) is 23.8 Å². The minimum Gasteiger partial charge on any atom is -0.487 e. The standard InChI is InChI=1S/C18H24N2O2.ClH/c1-12-3-4-15-16(9-12)22-13(2)11-20(15)17(21)14-10-18(14)5-7-19-8-6-18;/h3-4,9,13-14,19H,5-8,10-11H2,1-2H3;1H. The lowest BCUT2D eigenvalue weighted by molar-refractivity contribution is -0.121. The molecule has 5 heteroatoms. The lowest BCUT2D eigenvalue weighted by atomic mass is 9.91. The number of aryl methyl sites for hydroxylation is 1. The van der Waals surface area contributed by atoms with Crippen molar-refractivity contribution in [1.29, 1.82) is 0 Å². The first kappa shape index (κ1) is 16.6. The number of hydrogen-bond acceptors (Lipinski definition) is 3. The molecule has 2 atom stereocenters. The highest BCUT2D eigenvalue weighted by Crippen LogP contribution is 2.59. The zero-order chi connectivity index (χ0) is 15.3. The van der Waals surface area contributed by atoms with Gasteiger partial charge in [-0.3, -0.25) is 4.79 Å². The van der Waals surface area contributed by atoms with Gasteiger partial charge in [0, 0.05) is 5.92 Å². The molecule has 1 spiro atoms. The molecule has 1 saturated carbocycles. The van der Waals surface area contributed by atoms with E-state index in [0.29, 0.717) is 12.5 Å². The van der Waals surface area contributed by atoms with Crippen molar-refractivity contribution >= 4 is 24.0 Å². The molecule has 1 aliphatic carbocycles. The molecule has 126 valence electrons. The van der Waals surface area contributed by atoms with Crippen LogP contribution in [0.15, 0.2) is 18.2 Å². The summed E-state index contributed by atoms with van der Waals surface area (Å²) in [7, 11) is 0. The van der Waals surface area contributed by atoms with E-state index in [4.69, 9.17) is 4.74 Å². The monoisotopic (exact) mass is 336 g/mol. The third-order valence-electron chi connectivity index (χ3n) is 5.53. The summed E-state index contributed by atoms with van der Waals surface area (Å²) >= 11 is 0. The summed E-state index contributed by atoms with van der Waals surface area (Å²) in [6.07, 6.45) is 3.41. The molecule has 23 heavy (non-hydrogen) atoms. The first-order valence-electron chi connectivity index (χ1n) is 8.38. The van der Waals surface area contributed by atoms with Crippen LogP contribution in [0.3, 0.4) is 0 Å². The van der Waals surface area contributed by atoms with Gasteiger partial charge in [-0.25, -0.2) is 0 Å². The van der Waals surface area contributed by atoms with Gasteiger partial charge >= 0.3 is 0 Å². The van der Waals surface area contributed by atoms with E-state index in [2.05, 4.69) is 18.3 Å². The lowest BCUT2D eigenvalue weighted by Gasteiger charge is -2.34. The largest absolute Gasteiger partial charge is 0.487 e. The van der Waals surface area contributed by atoms with Crippen LogP contribution in [0.2, 0.25) is 0 Å². The van der Waals surface area contributed by atoms with Crippen LogP contribution in [0, 0.1) is 18.3 Å². The summed E-state index contributed by atoms with van der Waals surface area (Å²) in [6, 6.07) is 6.13. The van der Waals surface area contributed by atoms with Crippen LogP contribution in [0.1, 0.15) is 31.7 Å². The summed E-state index contributed by atoms with van der Waals surface area (Å²) in [5.74, 6) is 1.38. The Balaban J connectivity index is 0.00000156. The van der Waals surface area contributed by atoms with Gasteiger partial charge < -0.3 is 15.0 Å². The Bertz CT molecular complexity index is 613. The highest BCUT2D eigenvalue weighted by Gasteiger charge is 2.59. The predicted octanol–water partition coefficient (Wildman–Crippen LogP) is 2.92. The first-order valence-corrected chi connectivity index (χ1v) is 8.38. The first-order chi connectivity index (χ1) is 10.6. The normalized spacial score (nSPS) is 27.7.